The molecule has 2 aliphatic rings. The molecule has 0 spiro atoms. The van der Waals surface area contributed by atoms with Gasteiger partial charge in [-0.25, -0.2) is 0 Å². The van der Waals surface area contributed by atoms with Gasteiger partial charge in [-0.2, -0.15) is 0 Å². The maximum atomic E-state index is 2.45. The highest BCUT2D eigenvalue weighted by Gasteiger charge is 2.46. The standard InChI is InChI=1S/C10H16/c1-3-10(2)8-4-5-9(10)7-6-8/h4-5,8-9H,3,6-7H2,1-2H3. The maximum absolute atomic E-state index is 2.45. The molecule has 0 aromatic rings. The normalized spacial score (nSPS) is 50.6. The molecule has 2 bridgehead atoms. The van der Waals surface area contributed by atoms with Crippen molar-refractivity contribution in [2.75, 3.05) is 0 Å². The molecule has 56 valence electrons. The van der Waals surface area contributed by atoms with E-state index in [1.807, 2.05) is 0 Å². The molecular formula is C10H16. The molecule has 2 aliphatic carbocycles. The van der Waals surface area contributed by atoms with Crippen molar-refractivity contribution in [3.8, 4) is 0 Å². The second kappa shape index (κ2) is 1.87. The van der Waals surface area contributed by atoms with E-state index in [0.29, 0.717) is 5.41 Å². The zero-order chi connectivity index (χ0) is 7.19. The van der Waals surface area contributed by atoms with Crippen molar-refractivity contribution in [3.05, 3.63) is 12.2 Å². The molecule has 0 amide bonds. The van der Waals surface area contributed by atoms with Crippen LogP contribution in [0, 0.1) is 17.3 Å². The predicted molar refractivity (Wildman–Crippen MR) is 43.8 cm³/mol. The van der Waals surface area contributed by atoms with Gasteiger partial charge in [-0.15, -0.1) is 0 Å². The van der Waals surface area contributed by atoms with Crippen LogP contribution in [-0.4, -0.2) is 0 Å². The SMILES string of the molecule is CCC1(C)C2C=CC1CC2. The van der Waals surface area contributed by atoms with Crippen molar-refractivity contribution in [2.24, 2.45) is 17.3 Å². The first kappa shape index (κ1) is 6.45. The number of hydrogen-bond acceptors (Lipinski definition) is 0. The van der Waals surface area contributed by atoms with E-state index in [1.54, 1.807) is 0 Å². The van der Waals surface area contributed by atoms with Gasteiger partial charge in [0.05, 0.1) is 0 Å². The molecule has 0 heterocycles. The summed E-state index contributed by atoms with van der Waals surface area (Å²) in [7, 11) is 0. The first-order valence-electron chi connectivity index (χ1n) is 4.45. The van der Waals surface area contributed by atoms with Crippen LogP contribution >= 0.6 is 0 Å². The van der Waals surface area contributed by atoms with E-state index in [0.717, 1.165) is 11.8 Å². The molecule has 0 nitrogen and oxygen atoms in total. The summed E-state index contributed by atoms with van der Waals surface area (Å²) in [5.41, 5.74) is 0.653. The van der Waals surface area contributed by atoms with Gasteiger partial charge in [0, 0.05) is 0 Å². The molecule has 1 saturated carbocycles. The summed E-state index contributed by atoms with van der Waals surface area (Å²) >= 11 is 0. The fourth-order valence-electron chi connectivity index (χ4n) is 2.72. The molecule has 0 N–H and O–H groups in total. The molecule has 10 heavy (non-hydrogen) atoms. The Morgan fingerprint density at radius 1 is 1.30 bits per heavy atom. The fourth-order valence-corrected chi connectivity index (χ4v) is 2.72. The van der Waals surface area contributed by atoms with Gasteiger partial charge in [-0.3, -0.25) is 0 Å². The smallest absolute Gasteiger partial charge is 0.0174 e. The summed E-state index contributed by atoms with van der Waals surface area (Å²) < 4.78 is 0. The van der Waals surface area contributed by atoms with Crippen LogP contribution in [0.5, 0.6) is 0 Å². The van der Waals surface area contributed by atoms with E-state index < -0.39 is 0 Å². The molecule has 0 aliphatic heterocycles. The quantitative estimate of drug-likeness (QED) is 0.486. The summed E-state index contributed by atoms with van der Waals surface area (Å²) in [5.74, 6) is 1.84. The predicted octanol–water partition coefficient (Wildman–Crippen LogP) is 3.00. The lowest BCUT2D eigenvalue weighted by Crippen LogP contribution is -2.21. The molecule has 0 heteroatoms. The van der Waals surface area contributed by atoms with E-state index in [4.69, 9.17) is 0 Å². The highest BCUT2D eigenvalue weighted by molar-refractivity contribution is 5.16. The Bertz CT molecular complexity index is 153. The van der Waals surface area contributed by atoms with Crippen LogP contribution in [0.15, 0.2) is 12.2 Å². The second-order valence-corrected chi connectivity index (χ2v) is 4.03. The van der Waals surface area contributed by atoms with Crippen LogP contribution in [0.25, 0.3) is 0 Å². The molecule has 0 saturated heterocycles. The molecule has 2 rings (SSSR count). The van der Waals surface area contributed by atoms with Crippen molar-refractivity contribution in [1.82, 2.24) is 0 Å². The Hall–Kier alpha value is -0.260. The van der Waals surface area contributed by atoms with Crippen LogP contribution in [0.4, 0.5) is 0 Å². The lowest BCUT2D eigenvalue weighted by atomic mass is 9.76. The molecular weight excluding hydrogens is 120 g/mol. The topological polar surface area (TPSA) is 0 Å². The van der Waals surface area contributed by atoms with Gasteiger partial charge >= 0.3 is 0 Å². The van der Waals surface area contributed by atoms with Gasteiger partial charge in [0.15, 0.2) is 0 Å². The maximum Gasteiger partial charge on any atom is -0.0174 e. The van der Waals surface area contributed by atoms with E-state index in [1.165, 1.54) is 19.3 Å². The summed E-state index contributed by atoms with van der Waals surface area (Å²) in [4.78, 5) is 0. The van der Waals surface area contributed by atoms with Gasteiger partial charge in [0.1, 0.15) is 0 Å². The third-order valence-corrected chi connectivity index (χ3v) is 3.82. The lowest BCUT2D eigenvalue weighted by Gasteiger charge is -2.28. The molecule has 2 unspecified atom stereocenters. The number of rotatable bonds is 1. The van der Waals surface area contributed by atoms with E-state index in [9.17, 15) is 0 Å². The fraction of sp³-hybridized carbons (Fsp3) is 0.800. The minimum absolute atomic E-state index is 0.653. The Morgan fingerprint density at radius 3 is 2.00 bits per heavy atom. The highest BCUT2D eigenvalue weighted by atomic mass is 14.5. The van der Waals surface area contributed by atoms with Crippen LogP contribution in [-0.2, 0) is 0 Å². The Morgan fingerprint density at radius 2 is 1.80 bits per heavy atom. The first-order valence-corrected chi connectivity index (χ1v) is 4.45. The molecule has 1 fully saturated rings. The van der Waals surface area contributed by atoms with Crippen molar-refractivity contribution >= 4 is 0 Å². The van der Waals surface area contributed by atoms with Gasteiger partial charge in [-0.1, -0.05) is 26.0 Å². The zero-order valence-electron chi connectivity index (χ0n) is 6.93. The van der Waals surface area contributed by atoms with E-state index >= 15 is 0 Å². The van der Waals surface area contributed by atoms with Crippen molar-refractivity contribution < 1.29 is 0 Å². The Labute approximate surface area is 63.3 Å². The third-order valence-electron chi connectivity index (χ3n) is 3.82. The van der Waals surface area contributed by atoms with Crippen LogP contribution < -0.4 is 0 Å². The Balaban J connectivity index is 2.28. The van der Waals surface area contributed by atoms with E-state index in [-0.39, 0.29) is 0 Å². The van der Waals surface area contributed by atoms with Gasteiger partial charge < -0.3 is 0 Å². The van der Waals surface area contributed by atoms with Gasteiger partial charge in [0.2, 0.25) is 0 Å². The summed E-state index contributed by atoms with van der Waals surface area (Å²) in [6, 6.07) is 0. The summed E-state index contributed by atoms with van der Waals surface area (Å²) in [5, 5.41) is 0. The van der Waals surface area contributed by atoms with Crippen molar-refractivity contribution in [2.45, 2.75) is 33.1 Å². The van der Waals surface area contributed by atoms with Crippen molar-refractivity contribution in [3.63, 3.8) is 0 Å². The molecule has 0 aromatic carbocycles. The second-order valence-electron chi connectivity index (χ2n) is 4.03. The Kier molecular flexibility index (Phi) is 1.21. The van der Waals surface area contributed by atoms with Crippen LogP contribution in [0.1, 0.15) is 33.1 Å². The largest absolute Gasteiger partial charge is 0.0846 e. The first-order chi connectivity index (χ1) is 4.77. The number of allylic oxidation sites excluding steroid dienone is 2. The van der Waals surface area contributed by atoms with Crippen molar-refractivity contribution in [1.29, 1.82) is 0 Å². The van der Waals surface area contributed by atoms with Gasteiger partial charge in [0.25, 0.3) is 0 Å². The van der Waals surface area contributed by atoms with Crippen LogP contribution in [0.3, 0.4) is 0 Å². The average Bonchev–Trinajstić information content (AvgIpc) is 2.46. The average molecular weight is 136 g/mol. The minimum Gasteiger partial charge on any atom is -0.0846 e. The molecule has 0 aromatic heterocycles. The van der Waals surface area contributed by atoms with Gasteiger partial charge in [-0.05, 0) is 36.5 Å². The highest BCUT2D eigenvalue weighted by Crippen LogP contribution is 2.55. The minimum atomic E-state index is 0.653. The van der Waals surface area contributed by atoms with Crippen LogP contribution in [0.2, 0.25) is 0 Å². The molecule has 0 radical (unpaired) electrons. The number of hydrogen-bond donors (Lipinski definition) is 0. The third kappa shape index (κ3) is 0.574. The lowest BCUT2D eigenvalue weighted by molar-refractivity contribution is 0.233. The van der Waals surface area contributed by atoms with E-state index in [2.05, 4.69) is 26.0 Å². The molecule has 2 atom stereocenters. The monoisotopic (exact) mass is 136 g/mol. The number of fused-ring (bicyclic) bond motifs is 2. The summed E-state index contributed by atoms with van der Waals surface area (Å²) in [6.45, 7) is 4.79. The zero-order valence-corrected chi connectivity index (χ0v) is 6.93. The summed E-state index contributed by atoms with van der Waals surface area (Å²) in [6.07, 6.45) is 9.14.